The van der Waals surface area contributed by atoms with Gasteiger partial charge in [0.2, 0.25) is 0 Å². The molecule has 3 heteroatoms. The predicted molar refractivity (Wildman–Crippen MR) is 57.4 cm³/mol. The van der Waals surface area contributed by atoms with Crippen LogP contribution in [0.1, 0.15) is 17.4 Å². The minimum Gasteiger partial charge on any atom is -0.386 e. The standard InChI is InChI=1S/C12H12FNO/c1-8-6-10(12(15)7-13)9-4-2-3-5-11(9)14-8/h2-6,12,15H,7H2,1H3. The van der Waals surface area contributed by atoms with Gasteiger partial charge in [0.05, 0.1) is 5.52 Å². The number of aliphatic hydroxyl groups is 1. The molecule has 0 radical (unpaired) electrons. The van der Waals surface area contributed by atoms with E-state index in [0.29, 0.717) is 5.56 Å². The maximum absolute atomic E-state index is 12.5. The molecule has 1 aromatic carbocycles. The van der Waals surface area contributed by atoms with Crippen LogP contribution in [0.5, 0.6) is 0 Å². The van der Waals surface area contributed by atoms with Crippen molar-refractivity contribution in [2.24, 2.45) is 0 Å². The Hall–Kier alpha value is -1.48. The molecule has 1 aromatic heterocycles. The number of para-hydroxylation sites is 1. The Bertz CT molecular complexity index is 484. The van der Waals surface area contributed by atoms with E-state index in [-0.39, 0.29) is 0 Å². The fourth-order valence-corrected chi connectivity index (χ4v) is 1.70. The maximum atomic E-state index is 12.5. The fraction of sp³-hybridized carbons (Fsp3) is 0.250. The molecule has 78 valence electrons. The number of halogens is 1. The molecule has 0 aliphatic rings. The van der Waals surface area contributed by atoms with E-state index in [9.17, 15) is 9.50 Å². The van der Waals surface area contributed by atoms with Crippen molar-refractivity contribution >= 4 is 10.9 Å². The highest BCUT2D eigenvalue weighted by Crippen LogP contribution is 2.24. The summed E-state index contributed by atoms with van der Waals surface area (Å²) in [4.78, 5) is 4.32. The summed E-state index contributed by atoms with van der Waals surface area (Å²) in [7, 11) is 0. The summed E-state index contributed by atoms with van der Waals surface area (Å²) in [6.07, 6.45) is -1.06. The molecule has 1 N–H and O–H groups in total. The Morgan fingerprint density at radius 3 is 2.87 bits per heavy atom. The van der Waals surface area contributed by atoms with Gasteiger partial charge in [0, 0.05) is 11.1 Å². The first-order valence-corrected chi connectivity index (χ1v) is 4.82. The Morgan fingerprint density at radius 1 is 1.40 bits per heavy atom. The molecule has 2 rings (SSSR count). The lowest BCUT2D eigenvalue weighted by Crippen LogP contribution is -2.02. The lowest BCUT2D eigenvalue weighted by atomic mass is 10.0. The van der Waals surface area contributed by atoms with Crippen LogP contribution in [0.4, 0.5) is 4.39 Å². The van der Waals surface area contributed by atoms with Crippen molar-refractivity contribution in [3.05, 3.63) is 41.6 Å². The number of pyridine rings is 1. The molecule has 1 unspecified atom stereocenters. The number of alkyl halides is 1. The molecule has 0 saturated heterocycles. The van der Waals surface area contributed by atoms with Gasteiger partial charge in [-0.3, -0.25) is 4.98 Å². The van der Waals surface area contributed by atoms with Gasteiger partial charge in [-0.2, -0.15) is 0 Å². The first-order chi connectivity index (χ1) is 7.22. The molecular weight excluding hydrogens is 193 g/mol. The molecule has 0 bridgehead atoms. The summed E-state index contributed by atoms with van der Waals surface area (Å²) in [6, 6.07) is 9.16. The summed E-state index contributed by atoms with van der Waals surface area (Å²) >= 11 is 0. The molecule has 0 amide bonds. The normalized spacial score (nSPS) is 13.0. The Balaban J connectivity index is 2.71. The van der Waals surface area contributed by atoms with Crippen LogP contribution in [0.25, 0.3) is 10.9 Å². The number of nitrogens with zero attached hydrogens (tertiary/aromatic N) is 1. The highest BCUT2D eigenvalue weighted by atomic mass is 19.1. The van der Waals surface area contributed by atoms with Gasteiger partial charge in [0.15, 0.2) is 0 Å². The third-order valence-electron chi connectivity index (χ3n) is 2.38. The SMILES string of the molecule is Cc1cc(C(O)CF)c2ccccc2n1. The van der Waals surface area contributed by atoms with Gasteiger partial charge in [-0.25, -0.2) is 4.39 Å². The number of hydrogen-bond acceptors (Lipinski definition) is 2. The zero-order valence-corrected chi connectivity index (χ0v) is 8.44. The molecule has 15 heavy (non-hydrogen) atoms. The second-order valence-electron chi connectivity index (χ2n) is 3.54. The average Bonchev–Trinajstić information content (AvgIpc) is 2.26. The second-order valence-corrected chi connectivity index (χ2v) is 3.54. The highest BCUT2D eigenvalue weighted by molar-refractivity contribution is 5.82. The van der Waals surface area contributed by atoms with Gasteiger partial charge in [0.1, 0.15) is 12.8 Å². The first kappa shape index (κ1) is 10.1. The molecule has 1 heterocycles. The van der Waals surface area contributed by atoms with E-state index in [1.165, 1.54) is 0 Å². The van der Waals surface area contributed by atoms with Gasteiger partial charge in [-0.1, -0.05) is 18.2 Å². The van der Waals surface area contributed by atoms with E-state index in [1.54, 1.807) is 6.07 Å². The van der Waals surface area contributed by atoms with E-state index < -0.39 is 12.8 Å². The number of benzene rings is 1. The van der Waals surface area contributed by atoms with Crippen molar-refractivity contribution in [1.29, 1.82) is 0 Å². The molecule has 2 aromatic rings. The van der Waals surface area contributed by atoms with Gasteiger partial charge in [0.25, 0.3) is 0 Å². The lowest BCUT2D eigenvalue weighted by molar-refractivity contribution is 0.143. The number of fused-ring (bicyclic) bond motifs is 1. The van der Waals surface area contributed by atoms with Crippen LogP contribution < -0.4 is 0 Å². The summed E-state index contributed by atoms with van der Waals surface area (Å²) in [5, 5.41) is 10.4. The molecule has 1 atom stereocenters. The van der Waals surface area contributed by atoms with Crippen LogP contribution in [0.3, 0.4) is 0 Å². The van der Waals surface area contributed by atoms with Crippen molar-refractivity contribution in [2.45, 2.75) is 13.0 Å². The van der Waals surface area contributed by atoms with Crippen LogP contribution in [-0.4, -0.2) is 16.8 Å². The van der Waals surface area contributed by atoms with Crippen molar-refractivity contribution in [1.82, 2.24) is 4.98 Å². The van der Waals surface area contributed by atoms with E-state index >= 15 is 0 Å². The third-order valence-corrected chi connectivity index (χ3v) is 2.38. The topological polar surface area (TPSA) is 33.1 Å². The molecular formula is C12H12FNO. The van der Waals surface area contributed by atoms with Crippen LogP contribution in [0, 0.1) is 6.92 Å². The minimum atomic E-state index is -1.06. The largest absolute Gasteiger partial charge is 0.386 e. The molecule has 0 aliphatic heterocycles. The number of aromatic nitrogens is 1. The molecule has 0 aliphatic carbocycles. The molecule has 0 fully saturated rings. The summed E-state index contributed by atoms with van der Waals surface area (Å²) in [5.74, 6) is 0. The maximum Gasteiger partial charge on any atom is 0.120 e. The molecule has 0 saturated carbocycles. The van der Waals surface area contributed by atoms with Crippen LogP contribution in [-0.2, 0) is 0 Å². The first-order valence-electron chi connectivity index (χ1n) is 4.82. The highest BCUT2D eigenvalue weighted by Gasteiger charge is 2.11. The Labute approximate surface area is 87.4 Å². The smallest absolute Gasteiger partial charge is 0.120 e. The number of aliphatic hydroxyl groups excluding tert-OH is 1. The van der Waals surface area contributed by atoms with Crippen molar-refractivity contribution < 1.29 is 9.50 Å². The monoisotopic (exact) mass is 205 g/mol. The fourth-order valence-electron chi connectivity index (χ4n) is 1.70. The van der Waals surface area contributed by atoms with Crippen LogP contribution in [0.2, 0.25) is 0 Å². The lowest BCUT2D eigenvalue weighted by Gasteiger charge is -2.10. The second kappa shape index (κ2) is 3.95. The average molecular weight is 205 g/mol. The quantitative estimate of drug-likeness (QED) is 0.817. The Morgan fingerprint density at radius 2 is 2.13 bits per heavy atom. The molecule has 2 nitrogen and oxygen atoms in total. The van der Waals surface area contributed by atoms with E-state index in [1.807, 2.05) is 31.2 Å². The summed E-state index contributed by atoms with van der Waals surface area (Å²) in [6.45, 7) is 1.06. The van der Waals surface area contributed by atoms with Crippen LogP contribution >= 0.6 is 0 Å². The summed E-state index contributed by atoms with van der Waals surface area (Å²) in [5.41, 5.74) is 2.19. The van der Waals surface area contributed by atoms with Gasteiger partial charge < -0.3 is 5.11 Å². The van der Waals surface area contributed by atoms with Crippen molar-refractivity contribution in [3.8, 4) is 0 Å². The van der Waals surface area contributed by atoms with Gasteiger partial charge >= 0.3 is 0 Å². The number of aryl methyl sites for hydroxylation is 1. The van der Waals surface area contributed by atoms with Gasteiger partial charge in [-0.05, 0) is 24.6 Å². The minimum absolute atomic E-state index is 0.612. The van der Waals surface area contributed by atoms with E-state index in [0.717, 1.165) is 16.6 Å². The zero-order chi connectivity index (χ0) is 10.8. The van der Waals surface area contributed by atoms with E-state index in [4.69, 9.17) is 0 Å². The number of rotatable bonds is 2. The van der Waals surface area contributed by atoms with E-state index in [2.05, 4.69) is 4.98 Å². The number of hydrogen-bond donors (Lipinski definition) is 1. The third kappa shape index (κ3) is 1.83. The predicted octanol–water partition coefficient (Wildman–Crippen LogP) is 2.55. The van der Waals surface area contributed by atoms with Gasteiger partial charge in [-0.15, -0.1) is 0 Å². The Kier molecular flexibility index (Phi) is 2.64. The zero-order valence-electron chi connectivity index (χ0n) is 8.44. The van der Waals surface area contributed by atoms with Crippen molar-refractivity contribution in [2.75, 3.05) is 6.67 Å². The van der Waals surface area contributed by atoms with Crippen LogP contribution in [0.15, 0.2) is 30.3 Å². The molecule has 0 spiro atoms. The van der Waals surface area contributed by atoms with Crippen molar-refractivity contribution in [3.63, 3.8) is 0 Å². The summed E-state index contributed by atoms with van der Waals surface area (Å²) < 4.78 is 12.5.